The molecular weight excluding hydrogens is 244 g/mol. The fraction of sp³-hybridized carbons (Fsp3) is 0.400. The summed E-state index contributed by atoms with van der Waals surface area (Å²) in [6, 6.07) is 5.04. The Morgan fingerprint density at radius 3 is 2.71 bits per heavy atom. The average molecular weight is 256 g/mol. The lowest BCUT2D eigenvalue weighted by Crippen LogP contribution is -2.25. The molecule has 0 bridgehead atoms. The number of nitrogens with zero attached hydrogens (tertiary/aromatic N) is 1. The number of nitro benzene ring substituents is 1. The molecule has 2 rings (SSSR count). The number of sulfonamides is 1. The second kappa shape index (κ2) is 4.42. The standard InChI is InChI=1S/C10H12N2O4S/c13-12(14)9-2-1-3-10(6-9)17(15,16)11-7-8-4-5-8/h1-3,6,8,11H,4-5,7H2. The Morgan fingerprint density at radius 2 is 2.12 bits per heavy atom. The fourth-order valence-electron chi connectivity index (χ4n) is 1.40. The van der Waals surface area contributed by atoms with Crippen molar-refractivity contribution < 1.29 is 13.3 Å². The van der Waals surface area contributed by atoms with Crippen molar-refractivity contribution in [2.45, 2.75) is 17.7 Å². The first-order chi connectivity index (χ1) is 7.99. The first-order valence-electron chi connectivity index (χ1n) is 5.23. The van der Waals surface area contributed by atoms with Gasteiger partial charge in [-0.2, -0.15) is 0 Å². The van der Waals surface area contributed by atoms with Gasteiger partial charge >= 0.3 is 0 Å². The van der Waals surface area contributed by atoms with Crippen LogP contribution in [0.25, 0.3) is 0 Å². The molecule has 6 nitrogen and oxygen atoms in total. The van der Waals surface area contributed by atoms with Crippen LogP contribution in [0.15, 0.2) is 29.2 Å². The molecule has 0 aliphatic heterocycles. The van der Waals surface area contributed by atoms with Crippen LogP contribution in [0.3, 0.4) is 0 Å². The Balaban J connectivity index is 2.19. The minimum atomic E-state index is -3.63. The van der Waals surface area contributed by atoms with Crippen LogP contribution in [0.5, 0.6) is 0 Å². The van der Waals surface area contributed by atoms with Gasteiger partial charge in [0.05, 0.1) is 9.82 Å². The summed E-state index contributed by atoms with van der Waals surface area (Å²) in [5.41, 5.74) is -0.223. The second-order valence-electron chi connectivity index (χ2n) is 4.05. The monoisotopic (exact) mass is 256 g/mol. The highest BCUT2D eigenvalue weighted by molar-refractivity contribution is 7.89. The predicted molar refractivity (Wildman–Crippen MR) is 61.0 cm³/mol. The summed E-state index contributed by atoms with van der Waals surface area (Å²) >= 11 is 0. The van der Waals surface area contributed by atoms with Gasteiger partial charge in [0.25, 0.3) is 5.69 Å². The third kappa shape index (κ3) is 3.01. The van der Waals surface area contributed by atoms with Crippen molar-refractivity contribution in [3.05, 3.63) is 34.4 Å². The van der Waals surface area contributed by atoms with Crippen molar-refractivity contribution in [2.75, 3.05) is 6.54 Å². The van der Waals surface area contributed by atoms with E-state index in [2.05, 4.69) is 4.72 Å². The number of benzene rings is 1. The molecule has 17 heavy (non-hydrogen) atoms. The number of hydrogen-bond donors (Lipinski definition) is 1. The van der Waals surface area contributed by atoms with Gasteiger partial charge in [0, 0.05) is 18.7 Å². The summed E-state index contributed by atoms with van der Waals surface area (Å²) in [5.74, 6) is 0.420. The van der Waals surface area contributed by atoms with Crippen LogP contribution in [0, 0.1) is 16.0 Å². The van der Waals surface area contributed by atoms with E-state index in [4.69, 9.17) is 0 Å². The molecule has 1 fully saturated rings. The molecule has 1 aliphatic carbocycles. The molecule has 1 aromatic rings. The first-order valence-corrected chi connectivity index (χ1v) is 6.71. The highest BCUT2D eigenvalue weighted by Gasteiger charge is 2.24. The number of rotatable bonds is 5. The van der Waals surface area contributed by atoms with Crippen LogP contribution >= 0.6 is 0 Å². The summed E-state index contributed by atoms with van der Waals surface area (Å²) in [6.07, 6.45) is 2.08. The van der Waals surface area contributed by atoms with Gasteiger partial charge < -0.3 is 0 Å². The van der Waals surface area contributed by atoms with E-state index >= 15 is 0 Å². The zero-order valence-electron chi connectivity index (χ0n) is 9.00. The van der Waals surface area contributed by atoms with Gasteiger partial charge in [-0.25, -0.2) is 13.1 Å². The van der Waals surface area contributed by atoms with E-state index in [0.717, 1.165) is 18.9 Å². The summed E-state index contributed by atoms with van der Waals surface area (Å²) in [7, 11) is -3.63. The van der Waals surface area contributed by atoms with Crippen molar-refractivity contribution in [2.24, 2.45) is 5.92 Å². The summed E-state index contributed by atoms with van der Waals surface area (Å²) in [6.45, 7) is 0.408. The minimum Gasteiger partial charge on any atom is -0.258 e. The Labute approximate surface area is 98.8 Å². The van der Waals surface area contributed by atoms with Crippen LogP contribution in [-0.2, 0) is 10.0 Å². The molecule has 0 heterocycles. The largest absolute Gasteiger partial charge is 0.270 e. The van der Waals surface area contributed by atoms with Crippen LogP contribution < -0.4 is 4.72 Å². The second-order valence-corrected chi connectivity index (χ2v) is 5.82. The Kier molecular flexibility index (Phi) is 3.12. The topological polar surface area (TPSA) is 89.3 Å². The van der Waals surface area contributed by atoms with Gasteiger partial charge in [-0.1, -0.05) is 6.07 Å². The molecule has 0 amide bonds. The van der Waals surface area contributed by atoms with Crippen LogP contribution in [0.4, 0.5) is 5.69 Å². The molecule has 1 aliphatic rings. The molecule has 1 N–H and O–H groups in total. The van der Waals surface area contributed by atoms with E-state index in [-0.39, 0.29) is 10.6 Å². The van der Waals surface area contributed by atoms with Crippen LogP contribution in [0.2, 0.25) is 0 Å². The Hall–Kier alpha value is -1.47. The van der Waals surface area contributed by atoms with Gasteiger partial charge in [-0.15, -0.1) is 0 Å². The van der Waals surface area contributed by atoms with E-state index in [1.165, 1.54) is 18.2 Å². The summed E-state index contributed by atoms with van der Waals surface area (Å²) in [4.78, 5) is 9.87. The number of nitrogens with one attached hydrogen (secondary N) is 1. The maximum Gasteiger partial charge on any atom is 0.270 e. The number of non-ortho nitro benzene ring substituents is 1. The van der Waals surface area contributed by atoms with Gasteiger partial charge in [0.1, 0.15) is 0 Å². The molecule has 0 unspecified atom stereocenters. The van der Waals surface area contributed by atoms with Crippen LogP contribution in [0.1, 0.15) is 12.8 Å². The highest BCUT2D eigenvalue weighted by atomic mass is 32.2. The van der Waals surface area contributed by atoms with E-state index < -0.39 is 14.9 Å². The molecule has 0 spiro atoms. The van der Waals surface area contributed by atoms with E-state index in [1.807, 2.05) is 0 Å². The zero-order valence-corrected chi connectivity index (χ0v) is 9.81. The van der Waals surface area contributed by atoms with Crippen molar-refractivity contribution in [3.8, 4) is 0 Å². The lowest BCUT2D eigenvalue weighted by Gasteiger charge is -2.05. The van der Waals surface area contributed by atoms with Gasteiger partial charge in [-0.3, -0.25) is 10.1 Å². The van der Waals surface area contributed by atoms with Crippen LogP contribution in [-0.4, -0.2) is 19.9 Å². The Bertz CT molecular complexity index is 537. The molecule has 0 saturated heterocycles. The Morgan fingerprint density at radius 1 is 1.41 bits per heavy atom. The van der Waals surface area contributed by atoms with Crippen molar-refractivity contribution >= 4 is 15.7 Å². The third-order valence-electron chi connectivity index (χ3n) is 2.60. The minimum absolute atomic E-state index is 0.0626. The average Bonchev–Trinajstić information content (AvgIpc) is 3.10. The molecule has 1 aromatic carbocycles. The van der Waals surface area contributed by atoms with Crippen molar-refractivity contribution in [1.82, 2.24) is 4.72 Å². The third-order valence-corrected chi connectivity index (χ3v) is 4.02. The molecule has 1 saturated carbocycles. The summed E-state index contributed by atoms with van der Waals surface area (Å²) in [5, 5.41) is 10.5. The van der Waals surface area contributed by atoms with Crippen molar-refractivity contribution in [3.63, 3.8) is 0 Å². The van der Waals surface area contributed by atoms with Gasteiger partial charge in [-0.05, 0) is 24.8 Å². The first kappa shape index (κ1) is 12.0. The smallest absolute Gasteiger partial charge is 0.258 e. The summed E-state index contributed by atoms with van der Waals surface area (Å²) < 4.78 is 26.1. The van der Waals surface area contributed by atoms with Gasteiger partial charge in [0.15, 0.2) is 0 Å². The molecule has 92 valence electrons. The van der Waals surface area contributed by atoms with Crippen molar-refractivity contribution in [1.29, 1.82) is 0 Å². The maximum atomic E-state index is 11.8. The quantitative estimate of drug-likeness (QED) is 0.634. The molecule has 0 radical (unpaired) electrons. The highest BCUT2D eigenvalue weighted by Crippen LogP contribution is 2.28. The van der Waals surface area contributed by atoms with E-state index in [0.29, 0.717) is 12.5 Å². The molecule has 0 aromatic heterocycles. The van der Waals surface area contributed by atoms with Gasteiger partial charge in [0.2, 0.25) is 10.0 Å². The normalized spacial score (nSPS) is 15.8. The molecule has 0 atom stereocenters. The molecule has 7 heteroatoms. The lowest BCUT2D eigenvalue weighted by atomic mass is 10.3. The lowest BCUT2D eigenvalue weighted by molar-refractivity contribution is -0.385. The predicted octanol–water partition coefficient (Wildman–Crippen LogP) is 1.28. The van der Waals surface area contributed by atoms with E-state index in [1.54, 1.807) is 0 Å². The number of hydrogen-bond acceptors (Lipinski definition) is 4. The maximum absolute atomic E-state index is 11.8. The molecular formula is C10H12N2O4S. The fourth-order valence-corrected chi connectivity index (χ4v) is 2.55. The zero-order chi connectivity index (χ0) is 12.5. The van der Waals surface area contributed by atoms with E-state index in [9.17, 15) is 18.5 Å². The number of nitro groups is 1. The SMILES string of the molecule is O=[N+]([O-])c1cccc(S(=O)(=O)NCC2CC2)c1.